The van der Waals surface area contributed by atoms with Gasteiger partial charge in [0.15, 0.2) is 0 Å². The number of carbonyl (C=O) groups excluding carboxylic acids is 1. The van der Waals surface area contributed by atoms with Gasteiger partial charge in [-0.2, -0.15) is 0 Å². The Hall–Kier alpha value is -1.44. The van der Waals surface area contributed by atoms with Crippen LogP contribution in [0.5, 0.6) is 0 Å². The van der Waals surface area contributed by atoms with Gasteiger partial charge in [-0.1, -0.05) is 30.3 Å². The van der Waals surface area contributed by atoms with E-state index < -0.39 is 10.0 Å². The first-order chi connectivity index (χ1) is 11.5. The molecule has 0 aromatic heterocycles. The molecule has 24 heavy (non-hydrogen) atoms. The SMILES string of the molecule is NC(CC(=O)NC1CCN(S(=O)(=O)C2CC2)CC1)c1ccccc1. The molecule has 1 saturated carbocycles. The first kappa shape index (κ1) is 17.4. The fourth-order valence-electron chi connectivity index (χ4n) is 3.14. The van der Waals surface area contributed by atoms with Crippen LogP contribution in [0, 0.1) is 0 Å². The van der Waals surface area contributed by atoms with E-state index in [4.69, 9.17) is 5.73 Å². The molecule has 1 aliphatic heterocycles. The van der Waals surface area contributed by atoms with Gasteiger partial charge < -0.3 is 11.1 Å². The van der Waals surface area contributed by atoms with Crippen molar-refractivity contribution in [3.63, 3.8) is 0 Å². The lowest BCUT2D eigenvalue weighted by atomic mass is 10.0. The normalized spacial score (nSPS) is 21.4. The zero-order chi connectivity index (χ0) is 17.2. The largest absolute Gasteiger partial charge is 0.353 e. The zero-order valence-electron chi connectivity index (χ0n) is 13.7. The van der Waals surface area contributed by atoms with Crippen molar-refractivity contribution in [2.75, 3.05) is 13.1 Å². The first-order valence-corrected chi connectivity index (χ1v) is 10.1. The molecule has 132 valence electrons. The maximum atomic E-state index is 12.2. The third kappa shape index (κ3) is 4.15. The number of rotatable bonds is 6. The minimum atomic E-state index is -3.10. The molecule has 2 aliphatic rings. The molecule has 3 N–H and O–H groups in total. The first-order valence-electron chi connectivity index (χ1n) is 8.55. The lowest BCUT2D eigenvalue weighted by Crippen LogP contribution is -2.47. The van der Waals surface area contributed by atoms with E-state index in [1.54, 1.807) is 4.31 Å². The summed E-state index contributed by atoms with van der Waals surface area (Å²) in [6.45, 7) is 0.989. The summed E-state index contributed by atoms with van der Waals surface area (Å²) in [6, 6.07) is 9.28. The van der Waals surface area contributed by atoms with E-state index in [0.29, 0.717) is 25.9 Å². The molecule has 0 spiro atoms. The fraction of sp³-hybridized carbons (Fsp3) is 0.588. The Morgan fingerprint density at radius 2 is 1.79 bits per heavy atom. The molecule has 1 aliphatic carbocycles. The molecule has 0 bridgehead atoms. The topological polar surface area (TPSA) is 92.5 Å². The second-order valence-electron chi connectivity index (χ2n) is 6.71. The maximum absolute atomic E-state index is 12.2. The van der Waals surface area contributed by atoms with Crippen molar-refractivity contribution in [2.45, 2.75) is 49.4 Å². The van der Waals surface area contributed by atoms with E-state index in [2.05, 4.69) is 5.32 Å². The number of piperidine rings is 1. The molecule has 7 heteroatoms. The molecule has 1 unspecified atom stereocenters. The molecular formula is C17H25N3O3S. The third-order valence-corrected chi connectivity index (χ3v) is 7.16. The Labute approximate surface area is 143 Å². The van der Waals surface area contributed by atoms with Crippen LogP contribution in [0.4, 0.5) is 0 Å². The average Bonchev–Trinajstić information content (AvgIpc) is 3.41. The van der Waals surface area contributed by atoms with E-state index in [0.717, 1.165) is 18.4 Å². The van der Waals surface area contributed by atoms with Crippen LogP contribution < -0.4 is 11.1 Å². The van der Waals surface area contributed by atoms with Gasteiger partial charge in [-0.05, 0) is 31.2 Å². The number of carbonyl (C=O) groups is 1. The van der Waals surface area contributed by atoms with E-state index in [-0.39, 0.29) is 29.7 Å². The van der Waals surface area contributed by atoms with Gasteiger partial charge in [-0.3, -0.25) is 4.79 Å². The summed E-state index contributed by atoms with van der Waals surface area (Å²) >= 11 is 0. The van der Waals surface area contributed by atoms with Crippen LogP contribution in [-0.2, 0) is 14.8 Å². The van der Waals surface area contributed by atoms with Crippen LogP contribution in [0.25, 0.3) is 0 Å². The minimum absolute atomic E-state index is 0.0335. The number of nitrogens with one attached hydrogen (secondary N) is 1. The maximum Gasteiger partial charge on any atom is 0.222 e. The van der Waals surface area contributed by atoms with Crippen LogP contribution in [0.15, 0.2) is 30.3 Å². The second kappa shape index (κ2) is 7.21. The van der Waals surface area contributed by atoms with Gasteiger partial charge in [0.05, 0.1) is 5.25 Å². The van der Waals surface area contributed by atoms with Gasteiger partial charge in [0.2, 0.25) is 15.9 Å². The lowest BCUT2D eigenvalue weighted by molar-refractivity contribution is -0.122. The number of nitrogens with zero attached hydrogens (tertiary/aromatic N) is 1. The molecule has 1 aromatic rings. The van der Waals surface area contributed by atoms with Crippen molar-refractivity contribution >= 4 is 15.9 Å². The number of hydrogen-bond donors (Lipinski definition) is 2. The van der Waals surface area contributed by atoms with E-state index in [1.807, 2.05) is 30.3 Å². The Kier molecular flexibility index (Phi) is 5.22. The molecule has 2 fully saturated rings. The third-order valence-electron chi connectivity index (χ3n) is 4.76. The molecule has 1 amide bonds. The monoisotopic (exact) mass is 351 g/mol. The van der Waals surface area contributed by atoms with Crippen molar-refractivity contribution in [3.8, 4) is 0 Å². The van der Waals surface area contributed by atoms with Crippen LogP contribution >= 0.6 is 0 Å². The van der Waals surface area contributed by atoms with Crippen molar-refractivity contribution in [2.24, 2.45) is 5.73 Å². The van der Waals surface area contributed by atoms with Gasteiger partial charge in [0.1, 0.15) is 0 Å². The van der Waals surface area contributed by atoms with Crippen molar-refractivity contribution in [1.29, 1.82) is 0 Å². The molecule has 1 heterocycles. The van der Waals surface area contributed by atoms with Gasteiger partial charge >= 0.3 is 0 Å². The van der Waals surface area contributed by atoms with Gasteiger partial charge in [-0.25, -0.2) is 12.7 Å². The molecule has 1 atom stereocenters. The summed E-state index contributed by atoms with van der Waals surface area (Å²) in [5, 5.41) is 2.84. The van der Waals surface area contributed by atoms with Crippen molar-refractivity contribution in [3.05, 3.63) is 35.9 Å². The van der Waals surface area contributed by atoms with Gasteiger partial charge in [0, 0.05) is 31.6 Å². The Morgan fingerprint density at radius 3 is 2.38 bits per heavy atom. The highest BCUT2D eigenvalue weighted by molar-refractivity contribution is 7.90. The Bertz CT molecular complexity index is 666. The van der Waals surface area contributed by atoms with Crippen LogP contribution in [-0.4, -0.2) is 43.0 Å². The van der Waals surface area contributed by atoms with Crippen molar-refractivity contribution < 1.29 is 13.2 Å². The highest BCUT2D eigenvalue weighted by Crippen LogP contribution is 2.32. The number of amides is 1. The molecule has 1 saturated heterocycles. The lowest BCUT2D eigenvalue weighted by Gasteiger charge is -2.31. The molecule has 3 rings (SSSR count). The number of benzene rings is 1. The molecule has 0 radical (unpaired) electrons. The summed E-state index contributed by atoms with van der Waals surface area (Å²) in [5.74, 6) is -0.0742. The summed E-state index contributed by atoms with van der Waals surface area (Å²) in [5.41, 5.74) is 7.01. The molecule has 6 nitrogen and oxygen atoms in total. The highest BCUT2D eigenvalue weighted by Gasteiger charge is 2.41. The van der Waals surface area contributed by atoms with Crippen LogP contribution in [0.2, 0.25) is 0 Å². The number of nitrogens with two attached hydrogens (primary N) is 1. The number of sulfonamides is 1. The van der Waals surface area contributed by atoms with Gasteiger partial charge in [-0.15, -0.1) is 0 Å². The van der Waals surface area contributed by atoms with Crippen LogP contribution in [0.3, 0.4) is 0 Å². The quantitative estimate of drug-likeness (QED) is 0.804. The predicted molar refractivity (Wildman–Crippen MR) is 92.7 cm³/mol. The highest BCUT2D eigenvalue weighted by atomic mass is 32.2. The van der Waals surface area contributed by atoms with E-state index in [1.165, 1.54) is 0 Å². The summed E-state index contributed by atoms with van der Waals surface area (Å²) in [4.78, 5) is 12.2. The van der Waals surface area contributed by atoms with Gasteiger partial charge in [0.25, 0.3) is 0 Å². The Balaban J connectivity index is 1.45. The molecular weight excluding hydrogens is 326 g/mol. The minimum Gasteiger partial charge on any atom is -0.353 e. The fourth-order valence-corrected chi connectivity index (χ4v) is 5.01. The number of hydrogen-bond acceptors (Lipinski definition) is 4. The zero-order valence-corrected chi connectivity index (χ0v) is 14.5. The summed E-state index contributed by atoms with van der Waals surface area (Å²) in [7, 11) is -3.10. The van der Waals surface area contributed by atoms with E-state index >= 15 is 0 Å². The predicted octanol–water partition coefficient (Wildman–Crippen LogP) is 1.15. The van der Waals surface area contributed by atoms with E-state index in [9.17, 15) is 13.2 Å². The summed E-state index contributed by atoms with van der Waals surface area (Å²) in [6.07, 6.45) is 3.15. The Morgan fingerprint density at radius 1 is 1.17 bits per heavy atom. The van der Waals surface area contributed by atoms with Crippen molar-refractivity contribution in [1.82, 2.24) is 9.62 Å². The van der Waals surface area contributed by atoms with Crippen LogP contribution in [0.1, 0.15) is 43.7 Å². The summed E-state index contributed by atoms with van der Waals surface area (Å²) < 4.78 is 26.0. The second-order valence-corrected chi connectivity index (χ2v) is 8.92. The molecule has 1 aromatic carbocycles. The average molecular weight is 351 g/mol. The smallest absolute Gasteiger partial charge is 0.222 e. The standard InChI is InChI=1S/C17H25N3O3S/c18-16(13-4-2-1-3-5-13)12-17(21)19-14-8-10-20(11-9-14)24(22,23)15-6-7-15/h1-5,14-16H,6-12,18H2,(H,19,21).